The first-order valence-corrected chi connectivity index (χ1v) is 3.72. The Hall–Kier alpha value is -1.72. The molecule has 0 spiro atoms. The van der Waals surface area contributed by atoms with E-state index in [1.165, 1.54) is 7.05 Å². The van der Waals surface area contributed by atoms with Crippen molar-refractivity contribution in [2.45, 2.75) is 6.92 Å². The van der Waals surface area contributed by atoms with E-state index in [1.807, 2.05) is 0 Å². The summed E-state index contributed by atoms with van der Waals surface area (Å²) >= 11 is 0. The highest BCUT2D eigenvalue weighted by Crippen LogP contribution is 1.83. The molecular formula is C7H13N3O3. The van der Waals surface area contributed by atoms with Gasteiger partial charge in [0.15, 0.2) is 0 Å². The molecule has 0 unspecified atom stereocenters. The van der Waals surface area contributed by atoms with Gasteiger partial charge in [-0.2, -0.15) is 0 Å². The zero-order valence-corrected chi connectivity index (χ0v) is 7.59. The molecule has 0 radical (unpaired) electrons. The van der Waals surface area contributed by atoms with Gasteiger partial charge in [0.25, 0.3) is 0 Å². The fourth-order valence-electron chi connectivity index (χ4n) is 0.541. The van der Waals surface area contributed by atoms with Gasteiger partial charge in [0.1, 0.15) is 5.82 Å². The first-order valence-electron chi connectivity index (χ1n) is 3.72. The van der Waals surface area contributed by atoms with Crippen molar-refractivity contribution < 1.29 is 14.3 Å². The van der Waals surface area contributed by atoms with Crippen LogP contribution in [0.4, 0.5) is 4.79 Å². The van der Waals surface area contributed by atoms with Crippen LogP contribution in [0.15, 0.2) is 11.9 Å². The minimum atomic E-state index is -0.587. The van der Waals surface area contributed by atoms with E-state index < -0.39 is 12.0 Å². The number of rotatable bonds is 3. The van der Waals surface area contributed by atoms with Gasteiger partial charge in [0, 0.05) is 7.05 Å². The topological polar surface area (TPSA) is 93.4 Å². The number of urea groups is 1. The summed E-state index contributed by atoms with van der Waals surface area (Å²) in [6, 6.07) is -0.488. The molecule has 0 fully saturated rings. The van der Waals surface area contributed by atoms with Crippen molar-refractivity contribution in [1.29, 1.82) is 0 Å². The maximum atomic E-state index is 10.8. The summed E-state index contributed by atoms with van der Waals surface area (Å²) < 4.78 is 4.56. The maximum Gasteiger partial charge on any atom is 0.334 e. The fraction of sp³-hybridized carbons (Fsp3) is 0.429. The molecule has 74 valence electrons. The van der Waals surface area contributed by atoms with Gasteiger partial charge < -0.3 is 15.8 Å². The van der Waals surface area contributed by atoms with Crippen LogP contribution in [0.2, 0.25) is 0 Å². The highest BCUT2D eigenvalue weighted by molar-refractivity contribution is 5.84. The summed E-state index contributed by atoms with van der Waals surface area (Å²) in [6.07, 6.45) is 0.999. The van der Waals surface area contributed by atoms with E-state index in [2.05, 4.69) is 15.4 Å². The molecule has 0 atom stereocenters. The Bertz CT molecular complexity index is 225. The van der Waals surface area contributed by atoms with E-state index in [1.54, 1.807) is 6.92 Å². The largest absolute Gasteiger partial charge is 0.463 e. The van der Waals surface area contributed by atoms with E-state index in [0.29, 0.717) is 0 Å². The zero-order chi connectivity index (χ0) is 10.3. The van der Waals surface area contributed by atoms with E-state index >= 15 is 0 Å². The lowest BCUT2D eigenvalue weighted by atomic mass is 10.5. The van der Waals surface area contributed by atoms with Crippen LogP contribution in [0, 0.1) is 0 Å². The van der Waals surface area contributed by atoms with Crippen molar-refractivity contribution in [2.75, 3.05) is 13.7 Å². The second-order valence-electron chi connectivity index (χ2n) is 2.06. The molecule has 6 heteroatoms. The van der Waals surface area contributed by atoms with Crippen LogP contribution >= 0.6 is 0 Å². The minimum absolute atomic E-state index is 0.0576. The van der Waals surface area contributed by atoms with E-state index in [0.717, 1.165) is 6.08 Å². The predicted molar refractivity (Wildman–Crippen MR) is 46.5 cm³/mol. The first kappa shape index (κ1) is 11.3. The molecule has 6 nitrogen and oxygen atoms in total. The summed E-state index contributed by atoms with van der Waals surface area (Å²) in [5, 5.41) is 4.48. The van der Waals surface area contributed by atoms with Crippen LogP contribution in [-0.2, 0) is 9.53 Å². The predicted octanol–water partition coefficient (Wildman–Crippen LogP) is -0.721. The summed E-state index contributed by atoms with van der Waals surface area (Å²) in [4.78, 5) is 21.4. The van der Waals surface area contributed by atoms with Crippen LogP contribution in [0.3, 0.4) is 0 Å². The van der Waals surface area contributed by atoms with Gasteiger partial charge in [-0.1, -0.05) is 0 Å². The number of amides is 2. The lowest BCUT2D eigenvalue weighted by molar-refractivity contribution is -0.137. The van der Waals surface area contributed by atoms with Crippen LogP contribution in [-0.4, -0.2) is 25.7 Å². The standard InChI is InChI=1S/C7H13N3O3/c1-3-13-6(11)4-5(8)10-7(12)9-2/h4H,3,8H2,1-2H3,(H2,9,10,12). The van der Waals surface area contributed by atoms with Crippen molar-refractivity contribution in [3.63, 3.8) is 0 Å². The van der Waals surface area contributed by atoms with Gasteiger partial charge in [-0.3, -0.25) is 5.32 Å². The molecular weight excluding hydrogens is 174 g/mol. The molecule has 2 amide bonds. The van der Waals surface area contributed by atoms with E-state index in [-0.39, 0.29) is 12.4 Å². The molecule has 0 heterocycles. The number of nitrogens with two attached hydrogens (primary N) is 1. The number of nitrogens with one attached hydrogen (secondary N) is 2. The number of hydrogen-bond acceptors (Lipinski definition) is 4. The second kappa shape index (κ2) is 5.87. The molecule has 0 aromatic heterocycles. The molecule has 4 N–H and O–H groups in total. The number of hydrogen-bond donors (Lipinski definition) is 3. The molecule has 0 saturated heterocycles. The van der Waals surface area contributed by atoms with E-state index in [4.69, 9.17) is 5.73 Å². The molecule has 0 aromatic rings. The number of esters is 1. The highest BCUT2D eigenvalue weighted by atomic mass is 16.5. The van der Waals surface area contributed by atoms with Crippen LogP contribution in [0.1, 0.15) is 6.92 Å². The Morgan fingerprint density at radius 2 is 2.15 bits per heavy atom. The average Bonchev–Trinajstić information content (AvgIpc) is 2.04. The Labute approximate surface area is 76.1 Å². The van der Waals surface area contributed by atoms with Crippen molar-refractivity contribution in [1.82, 2.24) is 10.6 Å². The monoisotopic (exact) mass is 187 g/mol. The van der Waals surface area contributed by atoms with Gasteiger partial charge in [-0.15, -0.1) is 0 Å². The molecule has 0 bridgehead atoms. The normalized spacial score (nSPS) is 10.5. The fourth-order valence-corrected chi connectivity index (χ4v) is 0.541. The molecule has 13 heavy (non-hydrogen) atoms. The summed E-state index contributed by atoms with van der Waals surface area (Å²) in [6.45, 7) is 1.94. The SMILES string of the molecule is CCOC(=O)C=C(N)NC(=O)NC. The Balaban J connectivity index is 4.01. The maximum absolute atomic E-state index is 10.8. The van der Waals surface area contributed by atoms with E-state index in [9.17, 15) is 9.59 Å². The second-order valence-corrected chi connectivity index (χ2v) is 2.06. The molecule has 0 rings (SSSR count). The summed E-state index contributed by atoms with van der Waals surface area (Å²) in [5.41, 5.74) is 5.27. The van der Waals surface area contributed by atoms with Gasteiger partial charge in [0.05, 0.1) is 12.7 Å². The third-order valence-electron chi connectivity index (χ3n) is 1.04. The molecule has 0 aromatic carbocycles. The van der Waals surface area contributed by atoms with Crippen LogP contribution in [0.25, 0.3) is 0 Å². The van der Waals surface area contributed by atoms with Gasteiger partial charge in [-0.25, -0.2) is 9.59 Å². The van der Waals surface area contributed by atoms with Gasteiger partial charge >= 0.3 is 12.0 Å². The van der Waals surface area contributed by atoms with Crippen molar-refractivity contribution in [3.8, 4) is 0 Å². The van der Waals surface area contributed by atoms with Crippen molar-refractivity contribution >= 4 is 12.0 Å². The minimum Gasteiger partial charge on any atom is -0.463 e. The number of carbonyl (C=O) groups is 2. The summed E-state index contributed by atoms with van der Waals surface area (Å²) in [5.74, 6) is -0.644. The van der Waals surface area contributed by atoms with Crippen LogP contribution < -0.4 is 16.4 Å². The Morgan fingerprint density at radius 3 is 2.62 bits per heavy atom. The van der Waals surface area contributed by atoms with Crippen molar-refractivity contribution in [3.05, 3.63) is 11.9 Å². The highest BCUT2D eigenvalue weighted by Gasteiger charge is 2.01. The lowest BCUT2D eigenvalue weighted by Crippen LogP contribution is -2.35. The molecule has 0 aliphatic carbocycles. The Morgan fingerprint density at radius 1 is 1.54 bits per heavy atom. The third kappa shape index (κ3) is 5.54. The average molecular weight is 187 g/mol. The molecule has 0 aliphatic rings. The third-order valence-corrected chi connectivity index (χ3v) is 1.04. The van der Waals surface area contributed by atoms with Gasteiger partial charge in [0.2, 0.25) is 0 Å². The van der Waals surface area contributed by atoms with Crippen LogP contribution in [0.5, 0.6) is 0 Å². The smallest absolute Gasteiger partial charge is 0.334 e. The first-order chi connectivity index (χ1) is 6.10. The lowest BCUT2D eigenvalue weighted by Gasteiger charge is -2.03. The quantitative estimate of drug-likeness (QED) is 0.401. The molecule has 0 aliphatic heterocycles. The molecule has 0 saturated carbocycles. The number of carbonyl (C=O) groups excluding carboxylic acids is 2. The zero-order valence-electron chi connectivity index (χ0n) is 7.59. The summed E-state index contributed by atoms with van der Waals surface area (Å²) in [7, 11) is 1.44. The number of ether oxygens (including phenoxy) is 1. The van der Waals surface area contributed by atoms with Gasteiger partial charge in [-0.05, 0) is 6.92 Å². The van der Waals surface area contributed by atoms with Crippen molar-refractivity contribution in [2.24, 2.45) is 5.73 Å². The Kier molecular flexibility index (Phi) is 5.09.